The van der Waals surface area contributed by atoms with Gasteiger partial charge >= 0.3 is 12.0 Å². The van der Waals surface area contributed by atoms with Gasteiger partial charge in [0.25, 0.3) is 0 Å². The summed E-state index contributed by atoms with van der Waals surface area (Å²) in [4.78, 5) is 26.9. The molecule has 1 aliphatic rings. The summed E-state index contributed by atoms with van der Waals surface area (Å²) in [5, 5.41) is 9.01. The molecule has 0 atom stereocenters. The zero-order valence-electron chi connectivity index (χ0n) is 12.8. The highest BCUT2D eigenvalue weighted by Crippen LogP contribution is 2.29. The first-order valence-electron chi connectivity index (χ1n) is 7.29. The average Bonchev–Trinajstić information content (AvgIpc) is 2.86. The van der Waals surface area contributed by atoms with E-state index in [-0.39, 0.29) is 11.6 Å². The largest absolute Gasteiger partial charge is 0.478 e. The molecule has 0 aliphatic carbocycles. The fraction of sp³-hybridized carbons (Fsp3) is 0.500. The normalized spacial score (nSPS) is 13.4. The van der Waals surface area contributed by atoms with Crippen LogP contribution < -0.4 is 4.90 Å². The number of rotatable bonds is 4. The summed E-state index contributed by atoms with van der Waals surface area (Å²) in [6.45, 7) is 5.62. The zero-order chi connectivity index (χ0) is 15.6. The molecule has 1 N–H and O–H groups in total. The van der Waals surface area contributed by atoms with Gasteiger partial charge in [-0.15, -0.1) is 0 Å². The van der Waals surface area contributed by atoms with Crippen molar-refractivity contribution >= 4 is 17.7 Å². The highest BCUT2D eigenvalue weighted by atomic mass is 16.4. The van der Waals surface area contributed by atoms with E-state index < -0.39 is 5.97 Å². The van der Waals surface area contributed by atoms with E-state index in [4.69, 9.17) is 5.11 Å². The second kappa shape index (κ2) is 6.16. The molecule has 0 radical (unpaired) electrons. The van der Waals surface area contributed by atoms with Crippen molar-refractivity contribution in [3.05, 3.63) is 29.3 Å². The summed E-state index contributed by atoms with van der Waals surface area (Å²) in [5.74, 6) is -0.374. The van der Waals surface area contributed by atoms with Gasteiger partial charge in [0.2, 0.25) is 0 Å². The predicted molar refractivity (Wildman–Crippen MR) is 81.9 cm³/mol. The Balaban J connectivity index is 2.11. The zero-order valence-corrected chi connectivity index (χ0v) is 12.8. The fourth-order valence-electron chi connectivity index (χ4n) is 2.49. The van der Waals surface area contributed by atoms with Crippen LogP contribution in [0.5, 0.6) is 0 Å². The number of amides is 2. The number of fused-ring (bicyclic) bond motifs is 1. The van der Waals surface area contributed by atoms with E-state index in [9.17, 15) is 9.59 Å². The number of carbonyl (C=O) groups is 2. The number of urea groups is 1. The van der Waals surface area contributed by atoms with Crippen molar-refractivity contribution in [3.63, 3.8) is 0 Å². The van der Waals surface area contributed by atoms with E-state index in [0.717, 1.165) is 24.2 Å². The van der Waals surface area contributed by atoms with Crippen molar-refractivity contribution in [1.82, 2.24) is 4.90 Å². The summed E-state index contributed by atoms with van der Waals surface area (Å²) in [7, 11) is 1.81. The molecule has 0 saturated carbocycles. The molecule has 0 fully saturated rings. The van der Waals surface area contributed by atoms with E-state index in [1.54, 1.807) is 28.0 Å². The molecule has 1 heterocycles. The molecule has 114 valence electrons. The van der Waals surface area contributed by atoms with Gasteiger partial charge in [-0.05, 0) is 42.5 Å². The van der Waals surface area contributed by atoms with Crippen LogP contribution in [0.25, 0.3) is 0 Å². The maximum absolute atomic E-state index is 12.5. The molecule has 0 spiro atoms. The molecule has 1 aromatic rings. The van der Waals surface area contributed by atoms with Crippen LogP contribution in [0.2, 0.25) is 0 Å². The van der Waals surface area contributed by atoms with Gasteiger partial charge in [0.1, 0.15) is 0 Å². The first-order chi connectivity index (χ1) is 9.90. The average molecular weight is 290 g/mol. The standard InChI is InChI=1S/C16H22N2O3/c1-11(2)6-8-17(3)16(21)18-9-7-12-10-13(15(19)20)4-5-14(12)18/h4-5,10-11H,6-9H2,1-3H3,(H,19,20). The van der Waals surface area contributed by atoms with Gasteiger partial charge in [-0.3, -0.25) is 4.90 Å². The topological polar surface area (TPSA) is 60.9 Å². The molecule has 2 rings (SSSR count). The van der Waals surface area contributed by atoms with Gasteiger partial charge in [-0.1, -0.05) is 13.8 Å². The van der Waals surface area contributed by atoms with Crippen LogP contribution in [0.1, 0.15) is 36.2 Å². The van der Waals surface area contributed by atoms with Gasteiger partial charge < -0.3 is 10.0 Å². The van der Waals surface area contributed by atoms with Crippen molar-refractivity contribution in [2.45, 2.75) is 26.7 Å². The van der Waals surface area contributed by atoms with Crippen LogP contribution in [0.15, 0.2) is 18.2 Å². The first-order valence-corrected chi connectivity index (χ1v) is 7.29. The van der Waals surface area contributed by atoms with Crippen LogP contribution >= 0.6 is 0 Å². The Morgan fingerprint density at radius 3 is 2.71 bits per heavy atom. The van der Waals surface area contributed by atoms with Gasteiger partial charge in [-0.25, -0.2) is 9.59 Å². The number of nitrogens with zero attached hydrogens (tertiary/aromatic N) is 2. The molecule has 0 bridgehead atoms. The van der Waals surface area contributed by atoms with E-state index in [2.05, 4.69) is 13.8 Å². The number of carbonyl (C=O) groups excluding carboxylic acids is 1. The van der Waals surface area contributed by atoms with Gasteiger partial charge in [-0.2, -0.15) is 0 Å². The minimum absolute atomic E-state index is 0.0162. The summed E-state index contributed by atoms with van der Waals surface area (Å²) in [6.07, 6.45) is 1.68. The number of carboxylic acid groups (broad SMARTS) is 1. The molecule has 5 heteroatoms. The maximum Gasteiger partial charge on any atom is 0.335 e. The van der Waals surface area contributed by atoms with Crippen LogP contribution in [-0.4, -0.2) is 42.1 Å². The Morgan fingerprint density at radius 2 is 2.10 bits per heavy atom. The SMILES string of the molecule is CC(C)CCN(C)C(=O)N1CCc2cc(C(=O)O)ccc21. The Labute approximate surface area is 125 Å². The quantitative estimate of drug-likeness (QED) is 0.927. The van der Waals surface area contributed by atoms with E-state index in [1.165, 1.54) is 0 Å². The van der Waals surface area contributed by atoms with Crippen molar-refractivity contribution in [2.75, 3.05) is 25.0 Å². The van der Waals surface area contributed by atoms with Crippen LogP contribution in [0, 0.1) is 5.92 Å². The molecule has 21 heavy (non-hydrogen) atoms. The lowest BCUT2D eigenvalue weighted by Crippen LogP contribution is -2.41. The molecule has 1 aromatic carbocycles. The molecule has 0 aromatic heterocycles. The molecule has 1 aliphatic heterocycles. The second-order valence-electron chi connectivity index (χ2n) is 5.94. The minimum atomic E-state index is -0.934. The predicted octanol–water partition coefficient (Wildman–Crippen LogP) is 2.85. The van der Waals surface area contributed by atoms with Crippen molar-refractivity contribution in [2.24, 2.45) is 5.92 Å². The van der Waals surface area contributed by atoms with Crippen molar-refractivity contribution in [3.8, 4) is 0 Å². The Morgan fingerprint density at radius 1 is 1.38 bits per heavy atom. The smallest absolute Gasteiger partial charge is 0.335 e. The fourth-order valence-corrected chi connectivity index (χ4v) is 2.49. The highest BCUT2D eigenvalue weighted by molar-refractivity contribution is 5.95. The number of anilines is 1. The molecule has 0 unspecified atom stereocenters. The van der Waals surface area contributed by atoms with Gasteiger partial charge in [0.05, 0.1) is 5.56 Å². The molecular formula is C16H22N2O3. The Kier molecular flexibility index (Phi) is 4.50. The monoisotopic (exact) mass is 290 g/mol. The van der Waals surface area contributed by atoms with Gasteiger partial charge in [0.15, 0.2) is 0 Å². The Hall–Kier alpha value is -2.04. The molecule has 0 saturated heterocycles. The molecule has 5 nitrogen and oxygen atoms in total. The summed E-state index contributed by atoms with van der Waals surface area (Å²) in [5.41, 5.74) is 2.04. The lowest BCUT2D eigenvalue weighted by atomic mass is 10.1. The number of hydrogen-bond donors (Lipinski definition) is 1. The lowest BCUT2D eigenvalue weighted by molar-refractivity contribution is 0.0697. The Bertz CT molecular complexity index is 554. The molecule has 2 amide bonds. The summed E-state index contributed by atoms with van der Waals surface area (Å²) in [6, 6.07) is 4.94. The third-order valence-electron chi connectivity index (χ3n) is 3.82. The van der Waals surface area contributed by atoms with E-state index >= 15 is 0 Å². The molecular weight excluding hydrogens is 268 g/mol. The van der Waals surface area contributed by atoms with E-state index in [0.29, 0.717) is 18.9 Å². The summed E-state index contributed by atoms with van der Waals surface area (Å²) >= 11 is 0. The number of aromatic carboxylic acids is 1. The van der Waals surface area contributed by atoms with Crippen molar-refractivity contribution in [1.29, 1.82) is 0 Å². The minimum Gasteiger partial charge on any atom is -0.478 e. The third kappa shape index (κ3) is 3.35. The van der Waals surface area contributed by atoms with Crippen molar-refractivity contribution < 1.29 is 14.7 Å². The van der Waals surface area contributed by atoms with Crippen LogP contribution in [0.3, 0.4) is 0 Å². The van der Waals surface area contributed by atoms with Crippen LogP contribution in [-0.2, 0) is 6.42 Å². The number of benzene rings is 1. The number of hydrogen-bond acceptors (Lipinski definition) is 2. The third-order valence-corrected chi connectivity index (χ3v) is 3.82. The number of carboxylic acids is 1. The van der Waals surface area contributed by atoms with Crippen LogP contribution in [0.4, 0.5) is 10.5 Å². The van der Waals surface area contributed by atoms with Gasteiger partial charge in [0, 0.05) is 25.8 Å². The summed E-state index contributed by atoms with van der Waals surface area (Å²) < 4.78 is 0. The second-order valence-corrected chi connectivity index (χ2v) is 5.94. The lowest BCUT2D eigenvalue weighted by Gasteiger charge is -2.25. The maximum atomic E-state index is 12.5. The van der Waals surface area contributed by atoms with E-state index in [1.807, 2.05) is 7.05 Å². The highest BCUT2D eigenvalue weighted by Gasteiger charge is 2.27. The first kappa shape index (κ1) is 15.4.